The molecule has 0 spiro atoms. The van der Waals surface area contributed by atoms with Crippen LogP contribution in [0.3, 0.4) is 0 Å². The topological polar surface area (TPSA) is 105 Å². The first-order valence-corrected chi connectivity index (χ1v) is 13.4. The number of anilines is 1. The number of hydrogen-bond acceptors (Lipinski definition) is 5. The molecule has 192 valence electrons. The summed E-state index contributed by atoms with van der Waals surface area (Å²) in [6.07, 6.45) is 12.1. The van der Waals surface area contributed by atoms with Gasteiger partial charge in [0.05, 0.1) is 5.56 Å². The van der Waals surface area contributed by atoms with Gasteiger partial charge in [-0.3, -0.25) is 5.32 Å². The highest BCUT2D eigenvalue weighted by Crippen LogP contribution is 2.33. The Balaban J connectivity index is 1.77. The molecular formula is C27H38N2O5S. The van der Waals surface area contributed by atoms with Gasteiger partial charge in [0.1, 0.15) is 16.5 Å². The fourth-order valence-electron chi connectivity index (χ4n) is 3.80. The molecular weight excluding hydrogens is 464 g/mol. The Morgan fingerprint density at radius 1 is 0.914 bits per heavy atom. The number of rotatable bonds is 16. The number of carboxylic acid groups (broad SMARTS) is 1. The number of carbonyl (C=O) groups is 3. The summed E-state index contributed by atoms with van der Waals surface area (Å²) < 4.78 is 5.34. The molecule has 0 aliphatic rings. The van der Waals surface area contributed by atoms with E-state index in [1.807, 2.05) is 30.3 Å². The third-order valence-corrected chi connectivity index (χ3v) is 6.99. The average molecular weight is 503 g/mol. The second-order valence-corrected chi connectivity index (χ2v) is 9.71. The van der Waals surface area contributed by atoms with Gasteiger partial charge in [-0.15, -0.1) is 11.3 Å². The monoisotopic (exact) mass is 502 g/mol. The Hall–Kier alpha value is -2.87. The molecule has 0 aliphatic carbocycles. The Bertz CT molecular complexity index is 943. The molecule has 0 aliphatic heterocycles. The van der Waals surface area contributed by atoms with Crippen molar-refractivity contribution in [3.05, 3.63) is 51.9 Å². The molecule has 2 aromatic rings. The summed E-state index contributed by atoms with van der Waals surface area (Å²) in [5.41, 5.74) is 1.03. The first kappa shape index (κ1) is 28.4. The van der Waals surface area contributed by atoms with E-state index in [0.29, 0.717) is 6.54 Å². The van der Waals surface area contributed by atoms with E-state index in [1.54, 1.807) is 6.92 Å². The van der Waals surface area contributed by atoms with Gasteiger partial charge >= 0.3 is 18.0 Å². The lowest BCUT2D eigenvalue weighted by Gasteiger charge is -2.07. The number of nitrogens with one attached hydrogen (secondary N) is 2. The summed E-state index contributed by atoms with van der Waals surface area (Å²) in [6, 6.07) is 8.75. The Labute approximate surface area is 212 Å². The number of hydrogen-bond donors (Lipinski definition) is 3. The number of esters is 1. The van der Waals surface area contributed by atoms with Crippen molar-refractivity contribution in [1.29, 1.82) is 0 Å². The van der Waals surface area contributed by atoms with Crippen LogP contribution >= 0.6 is 11.3 Å². The molecule has 2 rings (SSSR count). The molecule has 8 heteroatoms. The van der Waals surface area contributed by atoms with Crippen molar-refractivity contribution in [1.82, 2.24) is 5.32 Å². The summed E-state index contributed by atoms with van der Waals surface area (Å²) in [6.45, 7) is 4.37. The standard InChI is InChI=1S/C27H38N2O5S/c1-3-4-5-6-7-8-9-10-11-15-18-28-27(33)29-24-22(25(30)31)20(2)23(35-24)26(32)34-19-21-16-13-12-14-17-21/h12-14,16-17H,3-11,15,18-19H2,1-2H3,(H,30,31)(H2,28,29,33). The van der Waals surface area contributed by atoms with E-state index in [-0.39, 0.29) is 27.6 Å². The molecule has 0 bridgehead atoms. The first-order valence-electron chi connectivity index (χ1n) is 12.6. The van der Waals surface area contributed by atoms with Crippen LogP contribution in [0.25, 0.3) is 0 Å². The maximum absolute atomic E-state index is 12.6. The molecule has 1 heterocycles. The summed E-state index contributed by atoms with van der Waals surface area (Å²) >= 11 is 0.918. The number of amides is 2. The molecule has 35 heavy (non-hydrogen) atoms. The van der Waals surface area contributed by atoms with E-state index in [0.717, 1.165) is 36.2 Å². The molecule has 0 radical (unpaired) electrons. The lowest BCUT2D eigenvalue weighted by molar-refractivity contribution is 0.0477. The van der Waals surface area contributed by atoms with E-state index >= 15 is 0 Å². The second kappa shape index (κ2) is 15.9. The third-order valence-electron chi connectivity index (χ3n) is 5.80. The summed E-state index contributed by atoms with van der Waals surface area (Å²) in [4.78, 5) is 36.8. The summed E-state index contributed by atoms with van der Waals surface area (Å²) in [5.74, 6) is -1.82. The second-order valence-electron chi connectivity index (χ2n) is 8.69. The normalized spacial score (nSPS) is 10.7. The molecule has 7 nitrogen and oxygen atoms in total. The highest BCUT2D eigenvalue weighted by molar-refractivity contribution is 7.18. The van der Waals surface area contributed by atoms with E-state index in [2.05, 4.69) is 17.6 Å². The Kier molecular flexibility index (Phi) is 12.9. The minimum Gasteiger partial charge on any atom is -0.478 e. The van der Waals surface area contributed by atoms with Gasteiger partial charge in [0.15, 0.2) is 0 Å². The maximum Gasteiger partial charge on any atom is 0.349 e. The van der Waals surface area contributed by atoms with E-state index < -0.39 is 18.0 Å². The van der Waals surface area contributed by atoms with Gasteiger partial charge < -0.3 is 15.2 Å². The highest BCUT2D eigenvalue weighted by atomic mass is 32.1. The number of carboxylic acids is 1. The van der Waals surface area contributed by atoms with E-state index in [1.165, 1.54) is 44.9 Å². The van der Waals surface area contributed by atoms with Crippen LogP contribution in [0.2, 0.25) is 0 Å². The predicted octanol–water partition coefficient (Wildman–Crippen LogP) is 7.15. The van der Waals surface area contributed by atoms with Crippen LogP contribution in [0.4, 0.5) is 9.80 Å². The smallest absolute Gasteiger partial charge is 0.349 e. The Morgan fingerprint density at radius 2 is 1.51 bits per heavy atom. The zero-order chi connectivity index (χ0) is 25.5. The molecule has 0 fully saturated rings. The number of benzene rings is 1. The molecule has 1 aromatic heterocycles. The number of thiophene rings is 1. The Morgan fingerprint density at radius 3 is 2.11 bits per heavy atom. The lowest BCUT2D eigenvalue weighted by atomic mass is 10.1. The molecule has 3 N–H and O–H groups in total. The number of unbranched alkanes of at least 4 members (excludes halogenated alkanes) is 9. The van der Waals surface area contributed by atoms with Crippen molar-refractivity contribution >= 4 is 34.3 Å². The molecule has 0 saturated carbocycles. The van der Waals surface area contributed by atoms with Crippen LogP contribution in [0.5, 0.6) is 0 Å². The molecule has 2 amide bonds. The molecule has 1 aromatic carbocycles. The van der Waals surface area contributed by atoms with Crippen molar-refractivity contribution in [2.75, 3.05) is 11.9 Å². The van der Waals surface area contributed by atoms with Crippen LogP contribution in [-0.2, 0) is 11.3 Å². The van der Waals surface area contributed by atoms with E-state index in [9.17, 15) is 19.5 Å². The lowest BCUT2D eigenvalue weighted by Crippen LogP contribution is -2.29. The minimum atomic E-state index is -1.20. The summed E-state index contributed by atoms with van der Waals surface area (Å²) in [5, 5.41) is 15.1. The largest absolute Gasteiger partial charge is 0.478 e. The minimum absolute atomic E-state index is 0.0848. The zero-order valence-corrected chi connectivity index (χ0v) is 21.7. The quantitative estimate of drug-likeness (QED) is 0.167. The fourth-order valence-corrected chi connectivity index (χ4v) is 4.89. The van der Waals surface area contributed by atoms with Crippen molar-refractivity contribution in [2.24, 2.45) is 0 Å². The van der Waals surface area contributed by atoms with Crippen molar-refractivity contribution < 1.29 is 24.2 Å². The van der Waals surface area contributed by atoms with Gasteiger partial charge in [-0.05, 0) is 24.5 Å². The van der Waals surface area contributed by atoms with Gasteiger partial charge in [-0.1, -0.05) is 95.0 Å². The number of urea groups is 1. The fraction of sp³-hybridized carbons (Fsp3) is 0.519. The SMILES string of the molecule is CCCCCCCCCCCCNC(=O)Nc1sc(C(=O)OCc2ccccc2)c(C)c1C(=O)O. The van der Waals surface area contributed by atoms with Crippen LogP contribution in [-0.4, -0.2) is 29.6 Å². The van der Waals surface area contributed by atoms with Gasteiger partial charge in [-0.25, -0.2) is 14.4 Å². The number of ether oxygens (including phenoxy) is 1. The van der Waals surface area contributed by atoms with Crippen LogP contribution in [0.15, 0.2) is 30.3 Å². The zero-order valence-electron chi connectivity index (χ0n) is 20.9. The van der Waals surface area contributed by atoms with Gasteiger partial charge in [0, 0.05) is 6.54 Å². The van der Waals surface area contributed by atoms with Crippen molar-refractivity contribution in [3.63, 3.8) is 0 Å². The average Bonchev–Trinajstić information content (AvgIpc) is 3.17. The maximum atomic E-state index is 12.6. The van der Waals surface area contributed by atoms with Gasteiger partial charge in [0.2, 0.25) is 0 Å². The third kappa shape index (κ3) is 10.1. The summed E-state index contributed by atoms with van der Waals surface area (Å²) in [7, 11) is 0. The van der Waals surface area contributed by atoms with E-state index in [4.69, 9.17) is 4.74 Å². The van der Waals surface area contributed by atoms with Gasteiger partial charge in [0.25, 0.3) is 0 Å². The van der Waals surface area contributed by atoms with Crippen LogP contribution in [0.1, 0.15) is 102 Å². The number of aromatic carboxylic acids is 1. The molecule has 0 saturated heterocycles. The first-order chi connectivity index (χ1) is 16.9. The van der Waals surface area contributed by atoms with Crippen LogP contribution in [0, 0.1) is 6.92 Å². The predicted molar refractivity (Wildman–Crippen MR) is 140 cm³/mol. The van der Waals surface area contributed by atoms with Gasteiger partial charge in [-0.2, -0.15) is 0 Å². The van der Waals surface area contributed by atoms with Crippen molar-refractivity contribution in [2.45, 2.75) is 84.7 Å². The van der Waals surface area contributed by atoms with Crippen molar-refractivity contribution in [3.8, 4) is 0 Å². The van der Waals surface area contributed by atoms with Crippen LogP contribution < -0.4 is 10.6 Å². The number of carbonyl (C=O) groups excluding carboxylic acids is 2. The molecule has 0 atom stereocenters. The molecule has 0 unspecified atom stereocenters. The highest BCUT2D eigenvalue weighted by Gasteiger charge is 2.26.